The highest BCUT2D eigenvalue weighted by Gasteiger charge is 2.23. The van der Waals surface area contributed by atoms with Crippen LogP contribution < -0.4 is 0 Å². The van der Waals surface area contributed by atoms with Gasteiger partial charge in [-0.2, -0.15) is 0 Å². The van der Waals surface area contributed by atoms with Crippen molar-refractivity contribution in [3.05, 3.63) is 29.3 Å². The summed E-state index contributed by atoms with van der Waals surface area (Å²) in [6, 6.07) is 6.28. The first-order valence-corrected chi connectivity index (χ1v) is 8.19. The third-order valence-corrected chi connectivity index (χ3v) is 4.93. The highest BCUT2D eigenvalue weighted by Crippen LogP contribution is 2.38. The van der Waals surface area contributed by atoms with Crippen molar-refractivity contribution in [2.75, 3.05) is 13.1 Å². The first-order valence-electron chi connectivity index (χ1n) is 8.19. The zero-order valence-electron chi connectivity index (χ0n) is 13.2. The Balaban J connectivity index is 2.19. The van der Waals surface area contributed by atoms with Crippen LogP contribution >= 0.6 is 0 Å². The molecule has 2 heteroatoms. The molecule has 1 aromatic carbocycles. The summed E-state index contributed by atoms with van der Waals surface area (Å²) in [5.41, 5.74) is 2.51. The first kappa shape index (κ1) is 15.4. The fraction of sp³-hybridized carbons (Fsp3) is 0.667. The number of benzene rings is 1. The van der Waals surface area contributed by atoms with Gasteiger partial charge in [-0.05, 0) is 43.0 Å². The molecule has 1 fully saturated rings. The summed E-state index contributed by atoms with van der Waals surface area (Å²) in [6.45, 7) is 9.63. The summed E-state index contributed by atoms with van der Waals surface area (Å²) in [6.07, 6.45) is 5.37. The average Bonchev–Trinajstić information content (AvgIpc) is 2.47. The molecule has 0 bridgehead atoms. The predicted octanol–water partition coefficient (Wildman–Crippen LogP) is 4.53. The number of hydrogen-bond donors (Lipinski definition) is 1. The predicted molar refractivity (Wildman–Crippen MR) is 85.1 cm³/mol. The Kier molecular flexibility index (Phi) is 5.47. The van der Waals surface area contributed by atoms with Gasteiger partial charge in [0.05, 0.1) is 0 Å². The molecule has 0 heterocycles. The molecule has 0 unspecified atom stereocenters. The van der Waals surface area contributed by atoms with Crippen molar-refractivity contribution in [1.82, 2.24) is 4.90 Å². The van der Waals surface area contributed by atoms with Gasteiger partial charge in [0.1, 0.15) is 5.75 Å². The molecular weight excluding hydrogens is 246 g/mol. The number of phenolic OH excluding ortho intramolecular Hbond substituents is 1. The molecule has 0 spiro atoms. The third kappa shape index (κ3) is 3.54. The second-order valence-electron chi connectivity index (χ2n) is 6.22. The van der Waals surface area contributed by atoms with Gasteiger partial charge in [0.15, 0.2) is 0 Å². The lowest BCUT2D eigenvalue weighted by Crippen LogP contribution is -2.22. The van der Waals surface area contributed by atoms with Crippen LogP contribution in [0.4, 0.5) is 0 Å². The second kappa shape index (κ2) is 7.12. The molecule has 20 heavy (non-hydrogen) atoms. The highest BCUT2D eigenvalue weighted by atomic mass is 16.3. The average molecular weight is 275 g/mol. The zero-order chi connectivity index (χ0) is 14.5. The van der Waals surface area contributed by atoms with Crippen LogP contribution in [0.15, 0.2) is 18.2 Å². The Morgan fingerprint density at radius 2 is 1.85 bits per heavy atom. The molecule has 2 nitrogen and oxygen atoms in total. The fourth-order valence-corrected chi connectivity index (χ4v) is 3.46. The molecule has 0 aromatic heterocycles. The number of nitrogens with zero attached hydrogens (tertiary/aromatic N) is 1. The smallest absolute Gasteiger partial charge is 0.120 e. The van der Waals surface area contributed by atoms with E-state index in [1.807, 2.05) is 6.07 Å². The van der Waals surface area contributed by atoms with Crippen LogP contribution in [-0.2, 0) is 6.54 Å². The quantitative estimate of drug-likeness (QED) is 0.853. The van der Waals surface area contributed by atoms with E-state index in [4.69, 9.17) is 0 Å². The monoisotopic (exact) mass is 275 g/mol. The van der Waals surface area contributed by atoms with Gasteiger partial charge in [-0.1, -0.05) is 52.2 Å². The molecule has 0 radical (unpaired) electrons. The molecule has 112 valence electrons. The van der Waals surface area contributed by atoms with E-state index in [0.29, 0.717) is 11.7 Å². The Morgan fingerprint density at radius 1 is 1.15 bits per heavy atom. The summed E-state index contributed by atoms with van der Waals surface area (Å²) in [4.78, 5) is 2.35. The van der Waals surface area contributed by atoms with Gasteiger partial charge in [0.25, 0.3) is 0 Å². The number of rotatable bonds is 5. The number of hydrogen-bond acceptors (Lipinski definition) is 2. The van der Waals surface area contributed by atoms with Gasteiger partial charge in [0.2, 0.25) is 0 Å². The molecule has 1 aliphatic carbocycles. The largest absolute Gasteiger partial charge is 0.508 e. The van der Waals surface area contributed by atoms with E-state index in [1.54, 1.807) is 0 Å². The van der Waals surface area contributed by atoms with Crippen molar-refractivity contribution >= 4 is 0 Å². The van der Waals surface area contributed by atoms with E-state index < -0.39 is 0 Å². The van der Waals surface area contributed by atoms with Gasteiger partial charge >= 0.3 is 0 Å². The van der Waals surface area contributed by atoms with E-state index in [-0.39, 0.29) is 0 Å². The maximum atomic E-state index is 10.1. The highest BCUT2D eigenvalue weighted by molar-refractivity contribution is 5.38. The van der Waals surface area contributed by atoms with Gasteiger partial charge in [0, 0.05) is 12.1 Å². The van der Waals surface area contributed by atoms with Crippen LogP contribution in [0.25, 0.3) is 0 Å². The van der Waals surface area contributed by atoms with Crippen LogP contribution in [0.5, 0.6) is 5.75 Å². The molecule has 1 saturated carbocycles. The summed E-state index contributed by atoms with van der Waals surface area (Å²) >= 11 is 0. The van der Waals surface area contributed by atoms with E-state index in [0.717, 1.165) is 31.1 Å². The van der Waals surface area contributed by atoms with Crippen LogP contribution in [0, 0.1) is 5.92 Å². The van der Waals surface area contributed by atoms with Crippen molar-refractivity contribution in [2.24, 2.45) is 5.92 Å². The van der Waals surface area contributed by atoms with Crippen LogP contribution in [0.3, 0.4) is 0 Å². The molecule has 1 aromatic rings. The molecule has 2 atom stereocenters. The SMILES string of the molecule is CCN(CC)Cc1cc([C@H]2CCCC[C@H]2C)ccc1O. The summed E-state index contributed by atoms with van der Waals surface area (Å²) in [7, 11) is 0. The molecule has 1 aliphatic rings. The van der Waals surface area contributed by atoms with E-state index in [9.17, 15) is 5.11 Å². The standard InChI is InChI=1S/C18H29NO/c1-4-19(5-2)13-16-12-15(10-11-18(16)20)17-9-7-6-8-14(17)3/h10-12,14,17,20H,4-9,13H2,1-3H3/t14-,17+/m1/s1. The Labute approximate surface area is 123 Å². The minimum atomic E-state index is 0.448. The second-order valence-corrected chi connectivity index (χ2v) is 6.22. The topological polar surface area (TPSA) is 23.5 Å². The van der Waals surface area contributed by atoms with E-state index >= 15 is 0 Å². The number of aromatic hydroxyl groups is 1. The molecule has 0 aliphatic heterocycles. The zero-order valence-corrected chi connectivity index (χ0v) is 13.2. The fourth-order valence-electron chi connectivity index (χ4n) is 3.46. The lowest BCUT2D eigenvalue weighted by molar-refractivity contribution is 0.290. The van der Waals surface area contributed by atoms with Crippen LogP contribution in [0.2, 0.25) is 0 Å². The first-order chi connectivity index (χ1) is 9.65. The molecular formula is C18H29NO. The Bertz CT molecular complexity index is 425. The third-order valence-electron chi connectivity index (χ3n) is 4.93. The van der Waals surface area contributed by atoms with Crippen LogP contribution in [0.1, 0.15) is 63.5 Å². The lowest BCUT2D eigenvalue weighted by Gasteiger charge is -2.30. The van der Waals surface area contributed by atoms with E-state index in [2.05, 4.69) is 37.8 Å². The van der Waals surface area contributed by atoms with Gasteiger partial charge in [-0.3, -0.25) is 4.90 Å². The normalized spacial score (nSPS) is 23.2. The van der Waals surface area contributed by atoms with Crippen molar-refractivity contribution in [3.8, 4) is 5.75 Å². The maximum Gasteiger partial charge on any atom is 0.120 e. The van der Waals surface area contributed by atoms with Gasteiger partial charge < -0.3 is 5.11 Å². The molecule has 1 N–H and O–H groups in total. The number of phenols is 1. The minimum absolute atomic E-state index is 0.448. The molecule has 0 saturated heterocycles. The summed E-state index contributed by atoms with van der Waals surface area (Å²) in [5, 5.41) is 10.1. The minimum Gasteiger partial charge on any atom is -0.508 e. The molecule has 0 amide bonds. The van der Waals surface area contributed by atoms with Crippen molar-refractivity contribution in [2.45, 2.75) is 58.9 Å². The van der Waals surface area contributed by atoms with Crippen molar-refractivity contribution in [3.63, 3.8) is 0 Å². The Hall–Kier alpha value is -1.02. The summed E-state index contributed by atoms with van der Waals surface area (Å²) in [5.74, 6) is 1.90. The van der Waals surface area contributed by atoms with Crippen molar-refractivity contribution < 1.29 is 5.11 Å². The van der Waals surface area contributed by atoms with E-state index in [1.165, 1.54) is 31.2 Å². The van der Waals surface area contributed by atoms with Gasteiger partial charge in [-0.15, -0.1) is 0 Å². The van der Waals surface area contributed by atoms with Crippen LogP contribution in [-0.4, -0.2) is 23.1 Å². The summed E-state index contributed by atoms with van der Waals surface area (Å²) < 4.78 is 0. The lowest BCUT2D eigenvalue weighted by atomic mass is 9.76. The molecule has 2 rings (SSSR count). The maximum absolute atomic E-state index is 10.1. The Morgan fingerprint density at radius 3 is 2.50 bits per heavy atom. The van der Waals surface area contributed by atoms with Gasteiger partial charge in [-0.25, -0.2) is 0 Å². The van der Waals surface area contributed by atoms with Crippen molar-refractivity contribution in [1.29, 1.82) is 0 Å².